The van der Waals surface area contributed by atoms with Gasteiger partial charge < -0.3 is 15.5 Å². The summed E-state index contributed by atoms with van der Waals surface area (Å²) in [6.07, 6.45) is 0.612. The maximum Gasteiger partial charge on any atom is 0.324 e. The standard InChI is InChI=1S/C14H16N4O3/c19-12-8-15-13(20)18(12)11-6-7-17(9-11)14(21)16-10-4-2-1-3-5-10/h1-5,11H,6-9H2,(H,15,20)(H,16,21). The summed E-state index contributed by atoms with van der Waals surface area (Å²) in [5.74, 6) is -0.227. The van der Waals surface area contributed by atoms with E-state index in [1.54, 1.807) is 4.90 Å². The number of anilines is 1. The van der Waals surface area contributed by atoms with Gasteiger partial charge in [0.2, 0.25) is 5.91 Å². The normalized spacial score (nSPS) is 21.6. The number of carbonyl (C=O) groups is 3. The molecule has 5 amide bonds. The Bertz CT molecular complexity index is 559. The first-order valence-corrected chi connectivity index (χ1v) is 6.86. The fourth-order valence-corrected chi connectivity index (χ4v) is 2.67. The summed E-state index contributed by atoms with van der Waals surface area (Å²) in [5, 5.41) is 5.30. The molecule has 2 heterocycles. The van der Waals surface area contributed by atoms with Crippen LogP contribution in [0, 0.1) is 0 Å². The minimum Gasteiger partial charge on any atom is -0.329 e. The molecular formula is C14H16N4O3. The van der Waals surface area contributed by atoms with Gasteiger partial charge in [0, 0.05) is 18.8 Å². The largest absolute Gasteiger partial charge is 0.329 e. The minimum absolute atomic E-state index is 0.0472. The summed E-state index contributed by atoms with van der Waals surface area (Å²) in [6, 6.07) is 8.36. The van der Waals surface area contributed by atoms with E-state index in [0.717, 1.165) is 5.69 Å². The maximum atomic E-state index is 12.1. The van der Waals surface area contributed by atoms with Crippen molar-refractivity contribution in [3.63, 3.8) is 0 Å². The van der Waals surface area contributed by atoms with Crippen LogP contribution in [-0.2, 0) is 4.79 Å². The van der Waals surface area contributed by atoms with E-state index in [1.807, 2.05) is 30.3 Å². The molecule has 2 aliphatic rings. The third-order valence-corrected chi connectivity index (χ3v) is 3.72. The second-order valence-corrected chi connectivity index (χ2v) is 5.11. The molecule has 2 aliphatic heterocycles. The lowest BCUT2D eigenvalue weighted by Gasteiger charge is -2.21. The molecule has 7 nitrogen and oxygen atoms in total. The van der Waals surface area contributed by atoms with Crippen LogP contribution in [0.15, 0.2) is 30.3 Å². The van der Waals surface area contributed by atoms with Gasteiger partial charge in [0.1, 0.15) is 0 Å². The first-order chi connectivity index (χ1) is 10.1. The van der Waals surface area contributed by atoms with E-state index in [-0.39, 0.29) is 30.6 Å². The van der Waals surface area contributed by atoms with Gasteiger partial charge in [0.15, 0.2) is 0 Å². The molecule has 1 aromatic carbocycles. The van der Waals surface area contributed by atoms with Gasteiger partial charge in [-0.05, 0) is 18.6 Å². The summed E-state index contributed by atoms with van der Waals surface area (Å²) in [5.41, 5.74) is 0.723. The van der Waals surface area contributed by atoms with E-state index in [9.17, 15) is 14.4 Å². The van der Waals surface area contributed by atoms with Gasteiger partial charge in [-0.3, -0.25) is 9.69 Å². The Morgan fingerprint density at radius 3 is 2.67 bits per heavy atom. The molecule has 0 saturated carbocycles. The predicted molar refractivity (Wildman–Crippen MR) is 75.7 cm³/mol. The van der Waals surface area contributed by atoms with Gasteiger partial charge in [-0.2, -0.15) is 0 Å². The molecule has 1 aromatic rings. The van der Waals surface area contributed by atoms with Gasteiger partial charge in [-0.15, -0.1) is 0 Å². The van der Waals surface area contributed by atoms with Crippen molar-refractivity contribution in [3.8, 4) is 0 Å². The molecule has 0 aromatic heterocycles. The number of imide groups is 1. The molecule has 7 heteroatoms. The monoisotopic (exact) mass is 288 g/mol. The van der Waals surface area contributed by atoms with Crippen molar-refractivity contribution in [2.24, 2.45) is 0 Å². The third-order valence-electron chi connectivity index (χ3n) is 3.72. The van der Waals surface area contributed by atoms with E-state index < -0.39 is 0 Å². The quantitative estimate of drug-likeness (QED) is 0.791. The summed E-state index contributed by atoms with van der Waals surface area (Å²) >= 11 is 0. The predicted octanol–water partition coefficient (Wildman–Crippen LogP) is 0.845. The number of hydrogen-bond acceptors (Lipinski definition) is 3. The Morgan fingerprint density at radius 2 is 2.00 bits per heavy atom. The second-order valence-electron chi connectivity index (χ2n) is 5.11. The van der Waals surface area contributed by atoms with Crippen LogP contribution < -0.4 is 10.6 Å². The number of carbonyl (C=O) groups excluding carboxylic acids is 3. The number of benzene rings is 1. The van der Waals surface area contributed by atoms with E-state index in [1.165, 1.54) is 4.90 Å². The molecule has 3 rings (SSSR count). The van der Waals surface area contributed by atoms with Crippen LogP contribution in [0.3, 0.4) is 0 Å². The van der Waals surface area contributed by atoms with Crippen LogP contribution in [0.2, 0.25) is 0 Å². The lowest BCUT2D eigenvalue weighted by Crippen LogP contribution is -2.43. The van der Waals surface area contributed by atoms with Gasteiger partial charge in [0.25, 0.3) is 0 Å². The van der Waals surface area contributed by atoms with Gasteiger partial charge >= 0.3 is 12.1 Å². The lowest BCUT2D eigenvalue weighted by atomic mass is 10.2. The molecule has 2 fully saturated rings. The number of amides is 5. The van der Waals surface area contributed by atoms with Crippen LogP contribution in [0.1, 0.15) is 6.42 Å². The van der Waals surface area contributed by atoms with Crippen LogP contribution >= 0.6 is 0 Å². The van der Waals surface area contributed by atoms with E-state index in [4.69, 9.17) is 0 Å². The fraction of sp³-hybridized carbons (Fsp3) is 0.357. The smallest absolute Gasteiger partial charge is 0.324 e. The van der Waals surface area contributed by atoms with Crippen LogP contribution in [0.25, 0.3) is 0 Å². The zero-order chi connectivity index (χ0) is 14.8. The second kappa shape index (κ2) is 5.43. The van der Waals surface area contributed by atoms with Crippen molar-refractivity contribution in [1.82, 2.24) is 15.1 Å². The van der Waals surface area contributed by atoms with Gasteiger partial charge in [-0.25, -0.2) is 9.59 Å². The highest BCUT2D eigenvalue weighted by Gasteiger charge is 2.39. The molecule has 2 N–H and O–H groups in total. The Labute approximate surface area is 121 Å². The Hall–Kier alpha value is -2.57. The topological polar surface area (TPSA) is 81.8 Å². The van der Waals surface area contributed by atoms with Crippen LogP contribution in [0.5, 0.6) is 0 Å². The van der Waals surface area contributed by atoms with Crippen LogP contribution in [0.4, 0.5) is 15.3 Å². The molecule has 0 radical (unpaired) electrons. The van der Waals surface area contributed by atoms with Crippen molar-refractivity contribution < 1.29 is 14.4 Å². The van der Waals surface area contributed by atoms with E-state index in [0.29, 0.717) is 19.5 Å². The first-order valence-electron chi connectivity index (χ1n) is 6.86. The van der Waals surface area contributed by atoms with Gasteiger partial charge in [-0.1, -0.05) is 18.2 Å². The van der Waals surface area contributed by atoms with E-state index >= 15 is 0 Å². The number of para-hydroxylation sites is 1. The first kappa shape index (κ1) is 13.4. The third kappa shape index (κ3) is 2.67. The average Bonchev–Trinajstić information content (AvgIpc) is 3.07. The number of nitrogens with zero attached hydrogens (tertiary/aromatic N) is 2. The Balaban J connectivity index is 1.60. The van der Waals surface area contributed by atoms with Crippen molar-refractivity contribution in [1.29, 1.82) is 0 Å². The summed E-state index contributed by atoms with van der Waals surface area (Å²) in [6.45, 7) is 0.948. The van der Waals surface area contributed by atoms with Crippen molar-refractivity contribution >= 4 is 23.7 Å². The summed E-state index contributed by atoms with van der Waals surface area (Å²) < 4.78 is 0. The molecular weight excluding hydrogens is 272 g/mol. The average molecular weight is 288 g/mol. The zero-order valence-corrected chi connectivity index (χ0v) is 11.4. The van der Waals surface area contributed by atoms with E-state index in [2.05, 4.69) is 10.6 Å². The van der Waals surface area contributed by atoms with Crippen molar-refractivity contribution in [2.75, 3.05) is 25.0 Å². The molecule has 1 unspecified atom stereocenters. The number of nitrogens with one attached hydrogen (secondary N) is 2. The number of likely N-dealkylation sites (tertiary alicyclic amines) is 1. The summed E-state index contributed by atoms with van der Waals surface area (Å²) in [4.78, 5) is 38.3. The molecule has 0 bridgehead atoms. The highest BCUT2D eigenvalue weighted by atomic mass is 16.2. The van der Waals surface area contributed by atoms with Crippen molar-refractivity contribution in [2.45, 2.75) is 12.5 Å². The highest BCUT2D eigenvalue weighted by molar-refractivity contribution is 6.02. The zero-order valence-electron chi connectivity index (χ0n) is 11.4. The highest BCUT2D eigenvalue weighted by Crippen LogP contribution is 2.19. The number of urea groups is 2. The number of rotatable bonds is 2. The molecule has 110 valence electrons. The molecule has 21 heavy (non-hydrogen) atoms. The van der Waals surface area contributed by atoms with Crippen molar-refractivity contribution in [3.05, 3.63) is 30.3 Å². The van der Waals surface area contributed by atoms with Gasteiger partial charge in [0.05, 0.1) is 12.6 Å². The minimum atomic E-state index is -0.365. The number of hydrogen-bond donors (Lipinski definition) is 2. The van der Waals surface area contributed by atoms with Crippen LogP contribution in [-0.4, -0.2) is 53.4 Å². The Kier molecular flexibility index (Phi) is 3.47. The molecule has 2 saturated heterocycles. The molecule has 1 atom stereocenters. The lowest BCUT2D eigenvalue weighted by molar-refractivity contribution is -0.126. The SMILES string of the molecule is O=C(Nc1ccccc1)N1CCC(N2C(=O)CNC2=O)C1. The maximum absolute atomic E-state index is 12.1. The molecule has 0 aliphatic carbocycles. The Morgan fingerprint density at radius 1 is 1.24 bits per heavy atom. The molecule has 0 spiro atoms. The summed E-state index contributed by atoms with van der Waals surface area (Å²) in [7, 11) is 0. The fourth-order valence-electron chi connectivity index (χ4n) is 2.67.